The van der Waals surface area contributed by atoms with Gasteiger partial charge in [0.25, 0.3) is 10.9 Å². The monoisotopic (exact) mass is 1080 g/mol. The highest BCUT2D eigenvalue weighted by Gasteiger charge is 2.32. The zero-order valence-corrected chi connectivity index (χ0v) is 51.9. The molecule has 0 aliphatic heterocycles. The van der Waals surface area contributed by atoms with Crippen LogP contribution in [0.1, 0.15) is 297 Å². The molecular formula is C67H124N4O6. The van der Waals surface area contributed by atoms with Crippen molar-refractivity contribution in [2.24, 2.45) is 0 Å². The lowest BCUT2D eigenvalue weighted by atomic mass is 10.0. The molecule has 3 atom stereocenters. The van der Waals surface area contributed by atoms with Gasteiger partial charge in [-0.15, -0.1) is 0 Å². The molecule has 0 aliphatic rings. The lowest BCUT2D eigenvalue weighted by molar-refractivity contribution is -0.152. The molecule has 0 saturated heterocycles. The van der Waals surface area contributed by atoms with Crippen molar-refractivity contribution in [3.8, 4) is 0 Å². The molecule has 0 amide bonds. The Morgan fingerprint density at radius 2 is 0.779 bits per heavy atom. The van der Waals surface area contributed by atoms with E-state index in [2.05, 4.69) is 67.1 Å². The Balaban J connectivity index is 3.31. The summed E-state index contributed by atoms with van der Waals surface area (Å²) >= 11 is 0. The average Bonchev–Trinajstić information content (AvgIpc) is 3.41. The van der Waals surface area contributed by atoms with Crippen molar-refractivity contribution in [3.05, 3.63) is 44.8 Å². The van der Waals surface area contributed by atoms with E-state index in [-0.39, 0.29) is 36.7 Å². The maximum atomic E-state index is 14.7. The van der Waals surface area contributed by atoms with Gasteiger partial charge >= 0.3 is 11.9 Å². The Labute approximate surface area is 475 Å². The minimum Gasteiger partial charge on any atom is -0.462 e. The summed E-state index contributed by atoms with van der Waals surface area (Å²) in [6.45, 7) is 11.9. The minimum atomic E-state index is -0.995. The summed E-state index contributed by atoms with van der Waals surface area (Å²) in [5.74, 6) is -0.804. The molecule has 0 fully saturated rings. The summed E-state index contributed by atoms with van der Waals surface area (Å²) < 4.78 is 12.8. The number of anilines is 2. The van der Waals surface area contributed by atoms with Gasteiger partial charge in [0, 0.05) is 19.5 Å². The average molecular weight is 1080 g/mol. The largest absolute Gasteiger partial charge is 0.462 e. The van der Waals surface area contributed by atoms with Gasteiger partial charge in [-0.3, -0.25) is 14.4 Å². The van der Waals surface area contributed by atoms with Gasteiger partial charge in [0.15, 0.2) is 0 Å². The standard InChI is InChI=1S/C67H124N4O6/c1-9-13-17-21-25-27-29-31-33-37-41-44-50-59(49-43-39-35-23-19-15-11-3)76-62(72)54-53-61(68-63-64(66(74)65(63)73)71(57-47-55-69(5)6)58-48-56-70(7)8)67(75)77-60(51-45-40-36-24-20-16-12-4)52-46-42-38-34-32-30-28-26-22-18-14-10-2/h35-36,39-40,59-61,68H,9-34,37-38,41-58H2,1-8H3/b39-35-,40-36-. The van der Waals surface area contributed by atoms with E-state index in [1.165, 1.54) is 167 Å². The van der Waals surface area contributed by atoms with Crippen molar-refractivity contribution >= 4 is 23.3 Å². The molecule has 1 aromatic carbocycles. The van der Waals surface area contributed by atoms with Crippen LogP contribution in [0.2, 0.25) is 0 Å². The molecule has 1 rings (SSSR count). The third kappa shape index (κ3) is 39.9. The quantitative estimate of drug-likeness (QED) is 0.0293. The second-order valence-corrected chi connectivity index (χ2v) is 23.5. The second kappa shape index (κ2) is 51.2. The third-order valence-electron chi connectivity index (χ3n) is 15.4. The maximum absolute atomic E-state index is 14.7. The van der Waals surface area contributed by atoms with Crippen LogP contribution in [0.15, 0.2) is 33.9 Å². The third-order valence-corrected chi connectivity index (χ3v) is 15.4. The molecule has 10 heteroatoms. The highest BCUT2D eigenvalue weighted by atomic mass is 16.5. The van der Waals surface area contributed by atoms with E-state index >= 15 is 0 Å². The smallest absolute Gasteiger partial charge is 0.328 e. The lowest BCUT2D eigenvalue weighted by Crippen LogP contribution is -2.47. The van der Waals surface area contributed by atoms with Crippen molar-refractivity contribution in [3.63, 3.8) is 0 Å². The molecule has 0 heterocycles. The fraction of sp³-hybridized carbons (Fsp3) is 0.851. The molecule has 0 radical (unpaired) electrons. The van der Waals surface area contributed by atoms with E-state index in [0.29, 0.717) is 25.2 Å². The van der Waals surface area contributed by atoms with Gasteiger partial charge in [-0.25, -0.2) is 4.79 Å². The number of unbranched alkanes of at least 4 members (excludes halogenated alkanes) is 28. The van der Waals surface area contributed by atoms with Crippen molar-refractivity contribution in [2.45, 2.75) is 316 Å². The van der Waals surface area contributed by atoms with Gasteiger partial charge in [-0.1, -0.05) is 219 Å². The fourth-order valence-electron chi connectivity index (χ4n) is 10.5. The van der Waals surface area contributed by atoms with Crippen LogP contribution in [0.4, 0.5) is 11.4 Å². The van der Waals surface area contributed by atoms with Gasteiger partial charge in [0.1, 0.15) is 29.6 Å². The van der Waals surface area contributed by atoms with Crippen LogP contribution in [0.3, 0.4) is 0 Å². The van der Waals surface area contributed by atoms with Crippen LogP contribution in [0.25, 0.3) is 0 Å². The van der Waals surface area contributed by atoms with Crippen LogP contribution >= 0.6 is 0 Å². The minimum absolute atomic E-state index is 0.00138. The summed E-state index contributed by atoms with van der Waals surface area (Å²) in [4.78, 5) is 62.0. The SMILES string of the molecule is CCCCC/C=C\CCC(CCCCCCCCCCCCCC)OC(=O)CCC(Nc1c(N(CCCN(C)C)CCCN(C)C)c(=O)c1=O)C(=O)OC(CC/C=C\CCCCC)CCCCCCCCCCCCCC. The Bertz CT molecular complexity index is 1640. The van der Waals surface area contributed by atoms with E-state index in [9.17, 15) is 19.2 Å². The molecular weight excluding hydrogens is 957 g/mol. The number of carbonyl (C=O) groups is 2. The normalized spacial score (nSPS) is 13.2. The number of rotatable bonds is 57. The van der Waals surface area contributed by atoms with Crippen molar-refractivity contribution in [1.29, 1.82) is 0 Å². The predicted octanol–water partition coefficient (Wildman–Crippen LogP) is 17.4. The first kappa shape index (κ1) is 72.0. The summed E-state index contributed by atoms with van der Waals surface area (Å²) in [7, 11) is 8.13. The zero-order valence-electron chi connectivity index (χ0n) is 51.9. The first-order valence-corrected chi connectivity index (χ1v) is 32.8. The molecule has 0 bridgehead atoms. The number of hydrogen-bond acceptors (Lipinski definition) is 10. The van der Waals surface area contributed by atoms with Crippen LogP contribution in [-0.4, -0.2) is 94.4 Å². The van der Waals surface area contributed by atoms with Gasteiger partial charge in [0.05, 0.1) is 0 Å². The van der Waals surface area contributed by atoms with Crippen LogP contribution in [0, 0.1) is 0 Å². The fourth-order valence-corrected chi connectivity index (χ4v) is 10.5. The lowest BCUT2D eigenvalue weighted by Gasteiger charge is -2.30. The predicted molar refractivity (Wildman–Crippen MR) is 333 cm³/mol. The molecule has 0 aliphatic carbocycles. The molecule has 0 saturated carbocycles. The van der Waals surface area contributed by atoms with E-state index < -0.39 is 22.9 Å². The Morgan fingerprint density at radius 1 is 0.416 bits per heavy atom. The van der Waals surface area contributed by atoms with Crippen molar-refractivity contribution in [2.75, 3.05) is 64.6 Å². The maximum Gasteiger partial charge on any atom is 0.328 e. The number of ether oxygens (including phenoxy) is 2. The molecule has 3 unspecified atom stereocenters. The number of carbonyl (C=O) groups excluding carboxylic acids is 2. The van der Waals surface area contributed by atoms with Crippen molar-refractivity contribution in [1.82, 2.24) is 9.80 Å². The molecule has 1 aromatic rings. The highest BCUT2D eigenvalue weighted by Crippen LogP contribution is 2.26. The van der Waals surface area contributed by atoms with E-state index in [1.54, 1.807) is 0 Å². The number of esters is 2. The Morgan fingerprint density at radius 3 is 1.18 bits per heavy atom. The molecule has 77 heavy (non-hydrogen) atoms. The van der Waals surface area contributed by atoms with Gasteiger partial charge in [-0.2, -0.15) is 0 Å². The number of hydrogen-bond donors (Lipinski definition) is 1. The van der Waals surface area contributed by atoms with Crippen LogP contribution in [0.5, 0.6) is 0 Å². The number of nitrogens with one attached hydrogen (secondary N) is 1. The first-order valence-electron chi connectivity index (χ1n) is 32.8. The summed E-state index contributed by atoms with van der Waals surface area (Å²) in [6, 6.07) is -0.995. The Kier molecular flexibility index (Phi) is 47.9. The summed E-state index contributed by atoms with van der Waals surface area (Å²) in [5.41, 5.74) is -0.621. The topological polar surface area (TPSA) is 108 Å². The first-order chi connectivity index (χ1) is 37.5. The van der Waals surface area contributed by atoms with Crippen LogP contribution < -0.4 is 21.1 Å². The summed E-state index contributed by atoms with van der Waals surface area (Å²) in [6.07, 6.45) is 54.9. The van der Waals surface area contributed by atoms with E-state index in [4.69, 9.17) is 9.47 Å². The zero-order chi connectivity index (χ0) is 56.4. The molecule has 0 spiro atoms. The van der Waals surface area contributed by atoms with Gasteiger partial charge in [0.2, 0.25) is 0 Å². The summed E-state index contributed by atoms with van der Waals surface area (Å²) in [5, 5.41) is 3.27. The molecule has 1 N–H and O–H groups in total. The van der Waals surface area contributed by atoms with E-state index in [1.807, 2.05) is 33.1 Å². The van der Waals surface area contributed by atoms with Crippen molar-refractivity contribution < 1.29 is 19.1 Å². The molecule has 448 valence electrons. The van der Waals surface area contributed by atoms with E-state index in [0.717, 1.165) is 96.6 Å². The number of nitrogens with zero attached hydrogens (tertiary/aromatic N) is 3. The number of allylic oxidation sites excluding steroid dienone is 4. The molecule has 10 nitrogen and oxygen atoms in total. The molecule has 0 aromatic heterocycles. The van der Waals surface area contributed by atoms with Crippen LogP contribution in [-0.2, 0) is 19.1 Å². The van der Waals surface area contributed by atoms with Gasteiger partial charge < -0.3 is 29.5 Å². The second-order valence-electron chi connectivity index (χ2n) is 23.5. The Hall–Kier alpha value is -2.98. The highest BCUT2D eigenvalue weighted by molar-refractivity contribution is 5.84. The van der Waals surface area contributed by atoms with Gasteiger partial charge in [-0.05, 0) is 138 Å².